The van der Waals surface area contributed by atoms with Crippen LogP contribution in [0.25, 0.3) is 0 Å². The van der Waals surface area contributed by atoms with E-state index >= 15 is 0 Å². The Morgan fingerprint density at radius 1 is 1.11 bits per heavy atom. The van der Waals surface area contributed by atoms with E-state index in [9.17, 15) is 0 Å². The number of rotatable bonds is 5. The molecule has 2 N–H and O–H groups in total. The molecule has 0 saturated carbocycles. The van der Waals surface area contributed by atoms with Crippen molar-refractivity contribution in [2.24, 2.45) is 0 Å². The van der Waals surface area contributed by atoms with E-state index in [0.717, 1.165) is 28.5 Å². The Morgan fingerprint density at radius 2 is 1.93 bits per heavy atom. The van der Waals surface area contributed by atoms with E-state index in [4.69, 9.17) is 17.0 Å². The molecular weight excluding hydrogens is 356 g/mol. The van der Waals surface area contributed by atoms with Crippen molar-refractivity contribution in [3.8, 4) is 5.75 Å². The average molecular weight is 379 g/mol. The lowest BCUT2D eigenvalue weighted by atomic mass is 10.0. The minimum atomic E-state index is -0.0386. The van der Waals surface area contributed by atoms with Gasteiger partial charge in [0.25, 0.3) is 0 Å². The van der Waals surface area contributed by atoms with Crippen molar-refractivity contribution in [3.05, 3.63) is 77.9 Å². The molecule has 0 unspecified atom stereocenters. The van der Waals surface area contributed by atoms with Gasteiger partial charge in [-0.3, -0.25) is 4.98 Å². The minimum absolute atomic E-state index is 0.0148. The predicted molar refractivity (Wildman–Crippen MR) is 111 cm³/mol. The molecule has 1 aliphatic heterocycles. The summed E-state index contributed by atoms with van der Waals surface area (Å²) in [5.41, 5.74) is 4.20. The topological polar surface area (TPSA) is 53.2 Å². The van der Waals surface area contributed by atoms with Gasteiger partial charge in [0.2, 0.25) is 0 Å². The summed E-state index contributed by atoms with van der Waals surface area (Å²) < 4.78 is 5.57. The van der Waals surface area contributed by atoms with Gasteiger partial charge in [-0.15, -0.1) is 0 Å². The van der Waals surface area contributed by atoms with Gasteiger partial charge in [0.1, 0.15) is 11.8 Å². The van der Waals surface area contributed by atoms with E-state index in [-0.39, 0.29) is 12.1 Å². The van der Waals surface area contributed by atoms with E-state index in [0.29, 0.717) is 11.7 Å². The highest BCUT2D eigenvalue weighted by Gasteiger charge is 2.41. The third kappa shape index (κ3) is 3.40. The molecule has 0 bridgehead atoms. The Kier molecular flexibility index (Phi) is 4.81. The van der Waals surface area contributed by atoms with Crippen LogP contribution in [0.4, 0.5) is 5.69 Å². The Hall–Kier alpha value is -2.86. The van der Waals surface area contributed by atoms with Gasteiger partial charge in [-0.05, 0) is 74.6 Å². The molecule has 2 atom stereocenters. The number of H-pyrrole nitrogens is 1. The SMILES string of the molecule is CCOc1ccc(N2C(=S)N[C@@H](c3ccccn3)[C@@H]2c2ccc(C)[nH]2)cc1. The second kappa shape index (κ2) is 7.40. The van der Waals surface area contributed by atoms with Gasteiger partial charge in [-0.25, -0.2) is 0 Å². The molecule has 0 amide bonds. The zero-order valence-electron chi connectivity index (χ0n) is 15.3. The lowest BCUT2D eigenvalue weighted by Crippen LogP contribution is -2.29. The monoisotopic (exact) mass is 378 g/mol. The first-order valence-corrected chi connectivity index (χ1v) is 9.47. The maximum absolute atomic E-state index is 5.71. The quantitative estimate of drug-likeness (QED) is 0.649. The largest absolute Gasteiger partial charge is 0.494 e. The normalized spacial score (nSPS) is 19.2. The Bertz CT molecular complexity index is 923. The van der Waals surface area contributed by atoms with Crippen LogP contribution in [0.2, 0.25) is 0 Å². The lowest BCUT2D eigenvalue weighted by Gasteiger charge is -2.27. The number of aromatic nitrogens is 2. The second-order valence-electron chi connectivity index (χ2n) is 6.52. The predicted octanol–water partition coefficient (Wildman–Crippen LogP) is 4.29. The van der Waals surface area contributed by atoms with Crippen LogP contribution in [0.3, 0.4) is 0 Å². The van der Waals surface area contributed by atoms with Crippen LogP contribution >= 0.6 is 12.2 Å². The summed E-state index contributed by atoms with van der Waals surface area (Å²) in [5.74, 6) is 0.855. The second-order valence-corrected chi connectivity index (χ2v) is 6.91. The maximum Gasteiger partial charge on any atom is 0.174 e. The van der Waals surface area contributed by atoms with Gasteiger partial charge in [0.05, 0.1) is 18.3 Å². The zero-order chi connectivity index (χ0) is 18.8. The molecule has 6 heteroatoms. The van der Waals surface area contributed by atoms with Crippen molar-refractivity contribution in [2.75, 3.05) is 11.5 Å². The molecule has 3 aromatic rings. The molecule has 1 aliphatic rings. The molecule has 1 saturated heterocycles. The van der Waals surface area contributed by atoms with Gasteiger partial charge in [0, 0.05) is 23.3 Å². The molecule has 0 aliphatic carbocycles. The van der Waals surface area contributed by atoms with Crippen molar-refractivity contribution < 1.29 is 4.74 Å². The third-order valence-corrected chi connectivity index (χ3v) is 5.01. The van der Waals surface area contributed by atoms with Gasteiger partial charge in [-0.1, -0.05) is 6.07 Å². The molecule has 3 heterocycles. The van der Waals surface area contributed by atoms with Crippen molar-refractivity contribution >= 4 is 23.0 Å². The highest BCUT2D eigenvalue weighted by Crippen LogP contribution is 2.41. The summed E-state index contributed by atoms with van der Waals surface area (Å²) in [7, 11) is 0. The summed E-state index contributed by atoms with van der Waals surface area (Å²) in [6.45, 7) is 4.69. The van der Waals surface area contributed by atoms with Crippen LogP contribution in [0.15, 0.2) is 60.8 Å². The number of hydrogen-bond acceptors (Lipinski definition) is 3. The molecule has 4 rings (SSSR count). The van der Waals surface area contributed by atoms with Crippen molar-refractivity contribution in [1.82, 2.24) is 15.3 Å². The summed E-state index contributed by atoms with van der Waals surface area (Å²) in [5, 5.41) is 4.15. The molecular formula is C21H22N4OS. The molecule has 138 valence electrons. The summed E-state index contributed by atoms with van der Waals surface area (Å²) in [6.07, 6.45) is 1.82. The highest BCUT2D eigenvalue weighted by molar-refractivity contribution is 7.80. The number of anilines is 1. The molecule has 2 aromatic heterocycles. The van der Waals surface area contributed by atoms with Gasteiger partial charge in [-0.2, -0.15) is 0 Å². The number of aryl methyl sites for hydroxylation is 1. The van der Waals surface area contributed by atoms with Crippen LogP contribution < -0.4 is 15.0 Å². The fraction of sp³-hybridized carbons (Fsp3) is 0.238. The number of ether oxygens (including phenoxy) is 1. The summed E-state index contributed by atoms with van der Waals surface area (Å²) in [6, 6.07) is 18.2. The van der Waals surface area contributed by atoms with Gasteiger partial charge < -0.3 is 19.9 Å². The standard InChI is InChI=1S/C21H22N4OS/c1-3-26-16-10-8-15(9-11-16)25-20(18-12-7-14(2)23-18)19(24-21(25)27)17-6-4-5-13-22-17/h4-13,19-20,23H,3H2,1-2H3,(H,24,27)/t19-,20-/m0/s1. The van der Waals surface area contributed by atoms with Crippen molar-refractivity contribution in [2.45, 2.75) is 25.9 Å². The number of nitrogens with zero attached hydrogens (tertiary/aromatic N) is 2. The number of hydrogen-bond donors (Lipinski definition) is 2. The molecule has 27 heavy (non-hydrogen) atoms. The molecule has 0 spiro atoms. The number of pyridine rings is 1. The lowest BCUT2D eigenvalue weighted by molar-refractivity contribution is 0.340. The van der Waals surface area contributed by atoms with Crippen LogP contribution in [0, 0.1) is 6.92 Å². The van der Waals surface area contributed by atoms with E-state index in [2.05, 4.69) is 39.2 Å². The third-order valence-electron chi connectivity index (χ3n) is 4.70. The Morgan fingerprint density at radius 3 is 2.56 bits per heavy atom. The smallest absolute Gasteiger partial charge is 0.174 e. The number of thiocarbonyl (C=S) groups is 1. The number of aromatic amines is 1. The fourth-order valence-electron chi connectivity index (χ4n) is 3.52. The van der Waals surface area contributed by atoms with Crippen molar-refractivity contribution in [3.63, 3.8) is 0 Å². The average Bonchev–Trinajstić information content (AvgIpc) is 3.26. The van der Waals surface area contributed by atoms with Gasteiger partial charge >= 0.3 is 0 Å². The van der Waals surface area contributed by atoms with E-state index < -0.39 is 0 Å². The highest BCUT2D eigenvalue weighted by atomic mass is 32.1. The number of nitrogens with one attached hydrogen (secondary N) is 2. The molecule has 0 radical (unpaired) electrons. The van der Waals surface area contributed by atoms with Crippen LogP contribution in [-0.2, 0) is 0 Å². The van der Waals surface area contributed by atoms with Crippen molar-refractivity contribution in [1.29, 1.82) is 0 Å². The molecule has 5 nitrogen and oxygen atoms in total. The first kappa shape index (κ1) is 17.5. The Balaban J connectivity index is 1.75. The van der Waals surface area contributed by atoms with Crippen LogP contribution in [0.5, 0.6) is 5.75 Å². The number of benzene rings is 1. The fourth-order valence-corrected chi connectivity index (χ4v) is 3.86. The molecule has 1 aromatic carbocycles. The first-order chi connectivity index (χ1) is 13.2. The Labute approximate surface area is 164 Å². The maximum atomic E-state index is 5.71. The van der Waals surface area contributed by atoms with Crippen LogP contribution in [-0.4, -0.2) is 21.7 Å². The summed E-state index contributed by atoms with van der Waals surface area (Å²) >= 11 is 5.71. The van der Waals surface area contributed by atoms with E-state index in [1.165, 1.54) is 0 Å². The first-order valence-electron chi connectivity index (χ1n) is 9.06. The van der Waals surface area contributed by atoms with Gasteiger partial charge in [0.15, 0.2) is 5.11 Å². The molecule has 1 fully saturated rings. The zero-order valence-corrected chi connectivity index (χ0v) is 16.2. The van der Waals surface area contributed by atoms with Crippen LogP contribution in [0.1, 0.15) is 36.1 Å². The minimum Gasteiger partial charge on any atom is -0.494 e. The van der Waals surface area contributed by atoms with E-state index in [1.807, 2.05) is 55.6 Å². The summed E-state index contributed by atoms with van der Waals surface area (Å²) in [4.78, 5) is 10.2. The van der Waals surface area contributed by atoms with E-state index in [1.54, 1.807) is 0 Å².